The van der Waals surface area contributed by atoms with Crippen molar-refractivity contribution in [2.24, 2.45) is 0 Å². The van der Waals surface area contributed by atoms with Crippen LogP contribution in [0.3, 0.4) is 0 Å². The first-order chi connectivity index (χ1) is 4.43. The Morgan fingerprint density at radius 1 is 1.67 bits per heavy atom. The number of hydrogen-bond acceptors (Lipinski definition) is 4. The van der Waals surface area contributed by atoms with Crippen molar-refractivity contribution in [3.63, 3.8) is 0 Å². The summed E-state index contributed by atoms with van der Waals surface area (Å²) in [6, 6.07) is 0. The van der Waals surface area contributed by atoms with Crippen LogP contribution in [0.1, 0.15) is 6.92 Å². The van der Waals surface area contributed by atoms with E-state index < -0.39 is 0 Å². The fraction of sp³-hybridized carbons (Fsp3) is 1.00. The Morgan fingerprint density at radius 2 is 2.44 bits per heavy atom. The molecule has 1 unspecified atom stereocenters. The summed E-state index contributed by atoms with van der Waals surface area (Å²) in [4.78, 5) is 0. The smallest absolute Gasteiger partial charge is 0.0922 e. The summed E-state index contributed by atoms with van der Waals surface area (Å²) in [6.07, 6.45) is 0.479. The van der Waals surface area contributed by atoms with Crippen LogP contribution < -0.4 is 0 Å². The lowest BCUT2D eigenvalue weighted by atomic mass is 10.6. The molecular weight excluding hydrogens is 156 g/mol. The third-order valence-corrected chi connectivity index (χ3v) is 2.38. The minimum absolute atomic E-state index is 0.479. The third-order valence-electron chi connectivity index (χ3n) is 0.870. The minimum Gasteiger partial charge on any atom is -0.372 e. The Hall–Kier alpha value is 0.620. The summed E-state index contributed by atoms with van der Waals surface area (Å²) in [5, 5.41) is 0. The highest BCUT2D eigenvalue weighted by Crippen LogP contribution is 2.20. The highest BCUT2D eigenvalue weighted by molar-refractivity contribution is 8.07. The average Bonchev–Trinajstić information content (AvgIpc) is 2.63. The van der Waals surface area contributed by atoms with Gasteiger partial charge in [-0.3, -0.25) is 0 Å². The van der Waals surface area contributed by atoms with Gasteiger partial charge in [0, 0.05) is 35.6 Å². The molecule has 0 aromatic rings. The van der Waals surface area contributed by atoms with Crippen LogP contribution in [-0.2, 0) is 8.37 Å². The van der Waals surface area contributed by atoms with Gasteiger partial charge < -0.3 is 4.74 Å². The largest absolute Gasteiger partial charge is 0.372 e. The van der Waals surface area contributed by atoms with Crippen LogP contribution in [0, 0.1) is 0 Å². The van der Waals surface area contributed by atoms with E-state index in [1.807, 2.05) is 0 Å². The van der Waals surface area contributed by atoms with Crippen molar-refractivity contribution in [3.8, 4) is 0 Å². The fourth-order valence-corrected chi connectivity index (χ4v) is 1.57. The molecule has 0 N–H and O–H groups in total. The first-order valence-corrected chi connectivity index (χ1v) is 4.78. The Balaban J connectivity index is 1.71. The van der Waals surface area contributed by atoms with Gasteiger partial charge in [-0.25, -0.2) is 3.63 Å². The van der Waals surface area contributed by atoms with Crippen LogP contribution in [0.25, 0.3) is 0 Å². The second-order valence-electron chi connectivity index (χ2n) is 1.71. The molecule has 54 valence electrons. The lowest BCUT2D eigenvalue weighted by Crippen LogP contribution is -1.87. The fourth-order valence-electron chi connectivity index (χ4n) is 0.350. The molecule has 0 aromatic carbocycles. The summed E-state index contributed by atoms with van der Waals surface area (Å²) in [7, 11) is 0. The Kier molecular flexibility index (Phi) is 3.81. The van der Waals surface area contributed by atoms with Crippen LogP contribution in [0.4, 0.5) is 0 Å². The van der Waals surface area contributed by atoms with E-state index in [1.165, 1.54) is 24.1 Å². The number of ether oxygens (including phenoxy) is 1. The van der Waals surface area contributed by atoms with Crippen LogP contribution in [-0.4, -0.2) is 24.2 Å². The zero-order valence-electron chi connectivity index (χ0n) is 5.33. The maximum Gasteiger partial charge on any atom is 0.0922 e. The van der Waals surface area contributed by atoms with Gasteiger partial charge in [-0.15, -0.1) is 0 Å². The van der Waals surface area contributed by atoms with E-state index in [0.29, 0.717) is 6.10 Å². The van der Waals surface area contributed by atoms with Gasteiger partial charge in [0.25, 0.3) is 0 Å². The Bertz CT molecular complexity index is 75.4. The van der Waals surface area contributed by atoms with E-state index in [9.17, 15) is 0 Å². The van der Waals surface area contributed by atoms with E-state index >= 15 is 0 Å². The van der Waals surface area contributed by atoms with Crippen molar-refractivity contribution in [3.05, 3.63) is 0 Å². The van der Waals surface area contributed by atoms with E-state index in [0.717, 1.165) is 18.1 Å². The molecule has 0 amide bonds. The van der Waals surface area contributed by atoms with Gasteiger partial charge >= 0.3 is 0 Å². The lowest BCUT2D eigenvalue weighted by molar-refractivity contribution is 0.425. The van der Waals surface area contributed by atoms with E-state index in [4.69, 9.17) is 8.37 Å². The van der Waals surface area contributed by atoms with E-state index in [1.54, 1.807) is 0 Å². The number of hydrogen-bond donors (Lipinski definition) is 0. The molecule has 0 aromatic heterocycles. The van der Waals surface area contributed by atoms with E-state index in [2.05, 4.69) is 6.92 Å². The normalized spacial score (nSPS) is 24.3. The standard InChI is InChI=1S/C5H10O2S2/c1-2-8-7-9-4-5-3-6-5/h5H,2-4H2,1H3. The number of rotatable bonds is 5. The molecular formula is C5H10O2S2. The van der Waals surface area contributed by atoms with Gasteiger partial charge in [0.2, 0.25) is 0 Å². The predicted molar refractivity (Wildman–Crippen MR) is 41.4 cm³/mol. The van der Waals surface area contributed by atoms with Crippen LogP contribution in [0.2, 0.25) is 0 Å². The summed E-state index contributed by atoms with van der Waals surface area (Å²) in [6.45, 7) is 2.99. The van der Waals surface area contributed by atoms with Crippen molar-refractivity contribution in [2.75, 3.05) is 18.1 Å². The summed E-state index contributed by atoms with van der Waals surface area (Å²) < 4.78 is 10.1. The van der Waals surface area contributed by atoms with Gasteiger partial charge in [0.15, 0.2) is 0 Å². The quantitative estimate of drug-likeness (QED) is 0.352. The molecule has 1 atom stereocenters. The molecule has 0 radical (unpaired) electrons. The molecule has 0 saturated carbocycles. The minimum atomic E-state index is 0.479. The highest BCUT2D eigenvalue weighted by Gasteiger charge is 2.22. The molecule has 9 heavy (non-hydrogen) atoms. The maximum absolute atomic E-state index is 5.09. The molecule has 0 spiro atoms. The second-order valence-corrected chi connectivity index (χ2v) is 3.64. The summed E-state index contributed by atoms with van der Waals surface area (Å²) in [5.74, 6) is 1.99. The SMILES string of the molecule is CCSOSCC1CO1. The molecule has 1 aliphatic heterocycles. The van der Waals surface area contributed by atoms with Gasteiger partial charge in [-0.2, -0.15) is 0 Å². The Morgan fingerprint density at radius 3 is 3.00 bits per heavy atom. The van der Waals surface area contributed by atoms with Crippen molar-refractivity contribution >= 4 is 24.1 Å². The van der Waals surface area contributed by atoms with Crippen LogP contribution in [0.5, 0.6) is 0 Å². The van der Waals surface area contributed by atoms with Gasteiger partial charge in [0.1, 0.15) is 0 Å². The zero-order chi connectivity index (χ0) is 6.53. The summed E-state index contributed by atoms with van der Waals surface area (Å²) in [5.41, 5.74) is 0. The molecule has 2 nitrogen and oxygen atoms in total. The van der Waals surface area contributed by atoms with Crippen molar-refractivity contribution in [1.29, 1.82) is 0 Å². The Labute approximate surface area is 64.1 Å². The predicted octanol–water partition coefficient (Wildman–Crippen LogP) is 1.72. The van der Waals surface area contributed by atoms with Gasteiger partial charge in [0.05, 0.1) is 12.7 Å². The van der Waals surface area contributed by atoms with Gasteiger partial charge in [-0.05, 0) is 0 Å². The molecule has 1 saturated heterocycles. The molecule has 0 aliphatic carbocycles. The first-order valence-electron chi connectivity index (χ1n) is 2.96. The third kappa shape index (κ3) is 4.08. The molecule has 0 bridgehead atoms. The van der Waals surface area contributed by atoms with Gasteiger partial charge in [-0.1, -0.05) is 6.92 Å². The van der Waals surface area contributed by atoms with Crippen LogP contribution in [0.15, 0.2) is 0 Å². The second kappa shape index (κ2) is 4.44. The first kappa shape index (κ1) is 7.72. The average molecular weight is 166 g/mol. The molecule has 1 fully saturated rings. The zero-order valence-corrected chi connectivity index (χ0v) is 6.96. The van der Waals surface area contributed by atoms with Crippen molar-refractivity contribution in [2.45, 2.75) is 13.0 Å². The lowest BCUT2D eigenvalue weighted by Gasteiger charge is -1.94. The summed E-state index contributed by atoms with van der Waals surface area (Å²) >= 11 is 2.97. The van der Waals surface area contributed by atoms with Crippen molar-refractivity contribution < 1.29 is 8.37 Å². The molecule has 1 rings (SSSR count). The number of epoxide rings is 1. The topological polar surface area (TPSA) is 21.8 Å². The van der Waals surface area contributed by atoms with Crippen LogP contribution >= 0.6 is 24.1 Å². The van der Waals surface area contributed by atoms with E-state index in [-0.39, 0.29) is 0 Å². The molecule has 1 aliphatic rings. The highest BCUT2D eigenvalue weighted by atomic mass is 32.2. The monoisotopic (exact) mass is 166 g/mol. The molecule has 1 heterocycles. The van der Waals surface area contributed by atoms with Crippen molar-refractivity contribution in [1.82, 2.24) is 0 Å². The maximum atomic E-state index is 5.09. The molecule has 4 heteroatoms.